The van der Waals surface area contributed by atoms with Crippen LogP contribution in [0.3, 0.4) is 0 Å². The molecular formula is C14H13BrN4S. The lowest BCUT2D eigenvalue weighted by Gasteiger charge is -2.07. The average molecular weight is 349 g/mol. The van der Waals surface area contributed by atoms with E-state index in [0.29, 0.717) is 6.04 Å². The zero-order valence-electron chi connectivity index (χ0n) is 10.9. The van der Waals surface area contributed by atoms with Gasteiger partial charge in [0.25, 0.3) is 0 Å². The lowest BCUT2D eigenvalue weighted by Crippen LogP contribution is -1.99. The first kappa shape index (κ1) is 12.3. The number of aryl methyl sites for hydroxylation is 1. The van der Waals surface area contributed by atoms with Gasteiger partial charge < -0.3 is 10.3 Å². The van der Waals surface area contributed by atoms with Gasteiger partial charge in [-0.25, -0.2) is 4.98 Å². The molecule has 1 fully saturated rings. The van der Waals surface area contributed by atoms with Crippen molar-refractivity contribution in [1.82, 2.24) is 13.9 Å². The van der Waals surface area contributed by atoms with Gasteiger partial charge in [0, 0.05) is 10.5 Å². The van der Waals surface area contributed by atoms with Crippen molar-refractivity contribution in [3.8, 4) is 11.4 Å². The largest absolute Gasteiger partial charge is 0.389 e. The molecule has 102 valence electrons. The second kappa shape index (κ2) is 4.30. The summed E-state index contributed by atoms with van der Waals surface area (Å²) in [5, 5.41) is 0.749. The number of hydrogen-bond acceptors (Lipinski definition) is 4. The Bertz CT molecular complexity index is 797. The summed E-state index contributed by atoms with van der Waals surface area (Å²) in [6.07, 6.45) is 2.43. The van der Waals surface area contributed by atoms with Gasteiger partial charge in [0.05, 0.1) is 22.3 Å². The quantitative estimate of drug-likeness (QED) is 0.756. The van der Waals surface area contributed by atoms with Gasteiger partial charge in [-0.2, -0.15) is 4.37 Å². The molecule has 1 aliphatic rings. The normalized spacial score (nSPS) is 15.1. The van der Waals surface area contributed by atoms with E-state index in [1.807, 2.05) is 6.92 Å². The van der Waals surface area contributed by atoms with Crippen LogP contribution in [0.15, 0.2) is 22.7 Å². The van der Waals surface area contributed by atoms with Crippen molar-refractivity contribution in [3.05, 3.63) is 28.4 Å². The number of benzene rings is 1. The smallest absolute Gasteiger partial charge is 0.146 e. The second-order valence-electron chi connectivity index (χ2n) is 5.18. The van der Waals surface area contributed by atoms with Crippen LogP contribution in [0, 0.1) is 6.92 Å². The monoisotopic (exact) mass is 348 g/mol. The van der Waals surface area contributed by atoms with Gasteiger partial charge in [-0.3, -0.25) is 0 Å². The number of aromatic nitrogens is 3. The molecular weight excluding hydrogens is 336 g/mol. The number of imidazole rings is 1. The third-order valence-electron chi connectivity index (χ3n) is 3.68. The summed E-state index contributed by atoms with van der Waals surface area (Å²) in [5.74, 6) is 0.962. The first-order valence-electron chi connectivity index (χ1n) is 6.55. The summed E-state index contributed by atoms with van der Waals surface area (Å²) in [4.78, 5) is 4.82. The van der Waals surface area contributed by atoms with Crippen LogP contribution >= 0.6 is 27.5 Å². The molecule has 0 saturated heterocycles. The number of halogens is 1. The Hall–Kier alpha value is -1.40. The van der Waals surface area contributed by atoms with Crippen molar-refractivity contribution >= 4 is 43.5 Å². The molecule has 0 radical (unpaired) electrons. The fraction of sp³-hybridized carbons (Fsp3) is 0.286. The Morgan fingerprint density at radius 3 is 2.85 bits per heavy atom. The first-order valence-corrected chi connectivity index (χ1v) is 8.11. The van der Waals surface area contributed by atoms with E-state index >= 15 is 0 Å². The standard InChI is InChI=1S/C14H13BrN4S/c1-7-12(13(16)20-18-7)14-17-10-6-8(15)2-5-11(10)19(14)9-3-4-9/h2,5-6,9H,3-4,16H2,1H3. The summed E-state index contributed by atoms with van der Waals surface area (Å²) in [6, 6.07) is 6.80. The second-order valence-corrected chi connectivity index (χ2v) is 6.90. The number of nitrogen functional groups attached to an aromatic ring is 1. The van der Waals surface area contributed by atoms with Crippen LogP contribution in [0.2, 0.25) is 0 Å². The maximum absolute atomic E-state index is 6.11. The van der Waals surface area contributed by atoms with Crippen molar-refractivity contribution in [3.63, 3.8) is 0 Å². The molecule has 4 rings (SSSR count). The summed E-state index contributed by atoms with van der Waals surface area (Å²) in [6.45, 7) is 1.99. The summed E-state index contributed by atoms with van der Waals surface area (Å²) in [5.41, 5.74) is 10.2. The molecule has 4 nitrogen and oxygen atoms in total. The minimum Gasteiger partial charge on any atom is -0.389 e. The molecule has 0 aliphatic heterocycles. The molecule has 20 heavy (non-hydrogen) atoms. The lowest BCUT2D eigenvalue weighted by molar-refractivity contribution is 0.775. The van der Waals surface area contributed by atoms with Crippen LogP contribution in [-0.2, 0) is 0 Å². The molecule has 1 aliphatic carbocycles. The van der Waals surface area contributed by atoms with Gasteiger partial charge >= 0.3 is 0 Å². The highest BCUT2D eigenvalue weighted by Crippen LogP contribution is 2.43. The van der Waals surface area contributed by atoms with Gasteiger partial charge in [0.1, 0.15) is 10.8 Å². The number of nitrogens with two attached hydrogens (primary N) is 1. The maximum atomic E-state index is 6.11. The predicted molar refractivity (Wildman–Crippen MR) is 86.0 cm³/mol. The van der Waals surface area contributed by atoms with Crippen molar-refractivity contribution < 1.29 is 0 Å². The molecule has 2 N–H and O–H groups in total. The molecule has 0 atom stereocenters. The van der Waals surface area contributed by atoms with Crippen LogP contribution in [-0.4, -0.2) is 13.9 Å². The van der Waals surface area contributed by atoms with Gasteiger partial charge in [0.2, 0.25) is 0 Å². The highest BCUT2D eigenvalue weighted by molar-refractivity contribution is 9.10. The van der Waals surface area contributed by atoms with Crippen molar-refractivity contribution in [2.24, 2.45) is 0 Å². The zero-order valence-corrected chi connectivity index (χ0v) is 13.3. The highest BCUT2D eigenvalue weighted by Gasteiger charge is 2.30. The Labute approximate surface area is 128 Å². The first-order chi connectivity index (χ1) is 9.65. The molecule has 0 bridgehead atoms. The molecule has 2 heterocycles. The number of anilines is 1. The number of hydrogen-bond donors (Lipinski definition) is 1. The van der Waals surface area contributed by atoms with Crippen molar-refractivity contribution in [2.45, 2.75) is 25.8 Å². The van der Waals surface area contributed by atoms with E-state index in [1.54, 1.807) is 0 Å². The van der Waals surface area contributed by atoms with Gasteiger partial charge in [0.15, 0.2) is 0 Å². The van der Waals surface area contributed by atoms with Crippen LogP contribution in [0.5, 0.6) is 0 Å². The van der Waals surface area contributed by atoms with Crippen LogP contribution in [0.4, 0.5) is 5.00 Å². The molecule has 1 aromatic carbocycles. The molecule has 1 saturated carbocycles. The number of fused-ring (bicyclic) bond motifs is 1. The van der Waals surface area contributed by atoms with Gasteiger partial charge in [-0.1, -0.05) is 15.9 Å². The lowest BCUT2D eigenvalue weighted by atomic mass is 10.2. The highest BCUT2D eigenvalue weighted by atomic mass is 79.9. The van der Waals surface area contributed by atoms with Crippen LogP contribution in [0.1, 0.15) is 24.6 Å². The third-order valence-corrected chi connectivity index (χ3v) is 4.94. The predicted octanol–water partition coefficient (Wildman–Crippen LogP) is 4.15. The van der Waals surface area contributed by atoms with Gasteiger partial charge in [-0.05, 0) is 49.5 Å². The Morgan fingerprint density at radius 1 is 1.40 bits per heavy atom. The fourth-order valence-electron chi connectivity index (χ4n) is 2.61. The number of rotatable bonds is 2. The minimum absolute atomic E-state index is 0.551. The van der Waals surface area contributed by atoms with Crippen LogP contribution in [0.25, 0.3) is 22.4 Å². The van der Waals surface area contributed by atoms with E-state index in [9.17, 15) is 0 Å². The Morgan fingerprint density at radius 2 is 2.20 bits per heavy atom. The minimum atomic E-state index is 0.551. The Kier molecular flexibility index (Phi) is 2.65. The average Bonchev–Trinajstić information content (AvgIpc) is 3.10. The molecule has 2 aromatic heterocycles. The van der Waals surface area contributed by atoms with E-state index in [1.165, 1.54) is 29.9 Å². The molecule has 6 heteroatoms. The molecule has 0 spiro atoms. The maximum Gasteiger partial charge on any atom is 0.146 e. The molecule has 3 aromatic rings. The SMILES string of the molecule is Cc1nsc(N)c1-c1nc2cc(Br)ccc2n1C1CC1. The zero-order chi connectivity index (χ0) is 13.9. The Balaban J connectivity index is 2.06. The summed E-state index contributed by atoms with van der Waals surface area (Å²) >= 11 is 4.86. The fourth-order valence-corrected chi connectivity index (χ4v) is 3.62. The van der Waals surface area contributed by atoms with E-state index < -0.39 is 0 Å². The van der Waals surface area contributed by atoms with Crippen LogP contribution < -0.4 is 5.73 Å². The van der Waals surface area contributed by atoms with Crippen molar-refractivity contribution in [2.75, 3.05) is 5.73 Å². The van der Waals surface area contributed by atoms with E-state index in [4.69, 9.17) is 10.7 Å². The number of nitrogens with zero attached hydrogens (tertiary/aromatic N) is 3. The van der Waals surface area contributed by atoms with E-state index in [0.717, 1.165) is 32.1 Å². The van der Waals surface area contributed by atoms with Gasteiger partial charge in [-0.15, -0.1) is 0 Å². The third kappa shape index (κ3) is 1.78. The van der Waals surface area contributed by atoms with Crippen molar-refractivity contribution in [1.29, 1.82) is 0 Å². The van der Waals surface area contributed by atoms with E-state index in [-0.39, 0.29) is 0 Å². The topological polar surface area (TPSA) is 56.7 Å². The summed E-state index contributed by atoms with van der Waals surface area (Å²) < 4.78 is 7.73. The molecule has 0 amide bonds. The van der Waals surface area contributed by atoms with E-state index in [2.05, 4.69) is 43.1 Å². The summed E-state index contributed by atoms with van der Waals surface area (Å²) in [7, 11) is 0. The molecule has 0 unspecified atom stereocenters.